The number of rotatable bonds is 1. The van der Waals surface area contributed by atoms with Gasteiger partial charge in [-0.3, -0.25) is 4.79 Å². The summed E-state index contributed by atoms with van der Waals surface area (Å²) in [6.07, 6.45) is 0. The van der Waals surface area contributed by atoms with Crippen LogP contribution >= 0.6 is 15.9 Å². The van der Waals surface area contributed by atoms with Crippen LogP contribution in [0.4, 0.5) is 4.39 Å². The second-order valence-corrected chi connectivity index (χ2v) is 4.99. The number of aromatic hydroxyl groups is 1. The van der Waals surface area contributed by atoms with E-state index >= 15 is 0 Å². The number of fused-ring (bicyclic) bond motifs is 1. The van der Waals surface area contributed by atoms with E-state index in [4.69, 9.17) is 0 Å². The summed E-state index contributed by atoms with van der Waals surface area (Å²) >= 11 is 2.93. The van der Waals surface area contributed by atoms with E-state index in [2.05, 4.69) is 25.9 Å². The van der Waals surface area contributed by atoms with Crippen molar-refractivity contribution in [3.63, 3.8) is 0 Å². The molecule has 0 bridgehead atoms. The average molecular weight is 335 g/mol. The molecule has 0 aliphatic rings. The molecule has 2 N–H and O–H groups in total. The Morgan fingerprint density at radius 3 is 2.55 bits per heavy atom. The Morgan fingerprint density at radius 2 is 1.85 bits per heavy atom. The summed E-state index contributed by atoms with van der Waals surface area (Å²) < 4.78 is 13.7. The van der Waals surface area contributed by atoms with Crippen LogP contribution in [0.3, 0.4) is 0 Å². The van der Waals surface area contributed by atoms with Crippen LogP contribution in [0, 0.1) is 5.82 Å². The van der Waals surface area contributed by atoms with Crippen molar-refractivity contribution >= 4 is 26.7 Å². The lowest BCUT2D eigenvalue weighted by Crippen LogP contribution is -2.09. The zero-order valence-corrected chi connectivity index (χ0v) is 11.6. The standard InChI is InChI=1S/C14H8BrFN2O2/c15-11-13(19)17-12(18-14(11)20)9-5-6-10(16)8-4-2-1-3-7(8)9/h1-6H,(H2,17,18,19,20). The smallest absolute Gasteiger partial charge is 0.269 e. The van der Waals surface area contributed by atoms with Gasteiger partial charge < -0.3 is 10.1 Å². The third-order valence-corrected chi connectivity index (χ3v) is 3.69. The van der Waals surface area contributed by atoms with Crippen LogP contribution in [0.25, 0.3) is 22.2 Å². The van der Waals surface area contributed by atoms with Gasteiger partial charge in [-0.05, 0) is 33.4 Å². The summed E-state index contributed by atoms with van der Waals surface area (Å²) in [7, 11) is 0. The van der Waals surface area contributed by atoms with Gasteiger partial charge in [-0.15, -0.1) is 0 Å². The van der Waals surface area contributed by atoms with Gasteiger partial charge in [0.05, 0.1) is 0 Å². The molecule has 0 amide bonds. The minimum atomic E-state index is -0.499. The predicted molar refractivity (Wildman–Crippen MR) is 77.1 cm³/mol. The van der Waals surface area contributed by atoms with Crippen LogP contribution < -0.4 is 5.56 Å². The largest absolute Gasteiger partial charge is 0.492 e. The van der Waals surface area contributed by atoms with Crippen molar-refractivity contribution in [1.82, 2.24) is 9.97 Å². The Hall–Kier alpha value is -2.21. The van der Waals surface area contributed by atoms with Crippen molar-refractivity contribution in [3.05, 3.63) is 57.0 Å². The Labute approximate surface area is 121 Å². The second kappa shape index (κ2) is 4.72. The van der Waals surface area contributed by atoms with Gasteiger partial charge in [0.25, 0.3) is 5.56 Å². The van der Waals surface area contributed by atoms with Crippen molar-refractivity contribution in [2.75, 3.05) is 0 Å². The number of aromatic nitrogens is 2. The lowest BCUT2D eigenvalue weighted by atomic mass is 10.0. The van der Waals surface area contributed by atoms with Crippen molar-refractivity contribution in [2.24, 2.45) is 0 Å². The molecule has 3 aromatic rings. The molecule has 20 heavy (non-hydrogen) atoms. The highest BCUT2D eigenvalue weighted by atomic mass is 79.9. The molecule has 4 nitrogen and oxygen atoms in total. The maximum atomic E-state index is 13.8. The number of H-pyrrole nitrogens is 1. The summed E-state index contributed by atoms with van der Waals surface area (Å²) in [6.45, 7) is 0. The lowest BCUT2D eigenvalue weighted by molar-refractivity contribution is 0.448. The molecule has 0 fully saturated rings. The molecule has 0 atom stereocenters. The van der Waals surface area contributed by atoms with Crippen LogP contribution in [0.5, 0.6) is 5.88 Å². The van der Waals surface area contributed by atoms with Crippen molar-refractivity contribution < 1.29 is 9.50 Å². The third-order valence-electron chi connectivity index (χ3n) is 2.97. The fourth-order valence-electron chi connectivity index (χ4n) is 2.04. The number of hydrogen-bond donors (Lipinski definition) is 2. The Bertz CT molecular complexity index is 877. The highest BCUT2D eigenvalue weighted by Crippen LogP contribution is 2.29. The predicted octanol–water partition coefficient (Wildman–Crippen LogP) is 3.20. The number of halogens is 2. The molecule has 0 unspecified atom stereocenters. The number of hydrogen-bond acceptors (Lipinski definition) is 3. The van der Waals surface area contributed by atoms with Gasteiger partial charge in [-0.2, -0.15) is 4.98 Å². The number of benzene rings is 2. The normalized spacial score (nSPS) is 10.9. The van der Waals surface area contributed by atoms with E-state index in [-0.39, 0.29) is 16.1 Å². The molecule has 1 heterocycles. The van der Waals surface area contributed by atoms with E-state index in [1.54, 1.807) is 24.3 Å². The average Bonchev–Trinajstić information content (AvgIpc) is 2.45. The molecular weight excluding hydrogens is 327 g/mol. The van der Waals surface area contributed by atoms with Gasteiger partial charge in [0.1, 0.15) is 16.1 Å². The number of nitrogens with one attached hydrogen (secondary N) is 1. The summed E-state index contributed by atoms with van der Waals surface area (Å²) in [5, 5.41) is 10.7. The maximum Gasteiger partial charge on any atom is 0.269 e. The third kappa shape index (κ3) is 1.98. The molecule has 100 valence electrons. The van der Waals surface area contributed by atoms with E-state index in [9.17, 15) is 14.3 Å². The first-order chi connectivity index (χ1) is 9.58. The summed E-state index contributed by atoms with van der Waals surface area (Å²) in [5.41, 5.74) is 0.0443. The maximum absolute atomic E-state index is 13.8. The van der Waals surface area contributed by atoms with E-state index in [0.29, 0.717) is 16.3 Å². The molecular formula is C14H8BrFN2O2. The number of aromatic amines is 1. The Balaban J connectivity index is 2.36. The Kier molecular flexibility index (Phi) is 3.02. The summed E-state index contributed by atoms with van der Waals surface area (Å²) in [4.78, 5) is 18.1. The van der Waals surface area contributed by atoms with Crippen molar-refractivity contribution in [1.29, 1.82) is 0 Å². The van der Waals surface area contributed by atoms with Crippen molar-refractivity contribution in [2.45, 2.75) is 0 Å². The van der Waals surface area contributed by atoms with Crippen LogP contribution in [-0.2, 0) is 0 Å². The second-order valence-electron chi connectivity index (χ2n) is 4.19. The van der Waals surface area contributed by atoms with E-state index in [0.717, 1.165) is 0 Å². The first kappa shape index (κ1) is 12.8. The molecule has 0 saturated heterocycles. The van der Waals surface area contributed by atoms with Gasteiger partial charge in [-0.25, -0.2) is 4.39 Å². The zero-order valence-electron chi connectivity index (χ0n) is 10.0. The minimum Gasteiger partial charge on any atom is -0.492 e. The molecule has 6 heteroatoms. The van der Waals surface area contributed by atoms with E-state index in [1.165, 1.54) is 12.1 Å². The monoisotopic (exact) mass is 334 g/mol. The topological polar surface area (TPSA) is 66.0 Å². The van der Waals surface area contributed by atoms with E-state index in [1.807, 2.05) is 0 Å². The SMILES string of the molecule is O=c1[nH]c(-c2ccc(F)c3ccccc23)nc(O)c1Br. The van der Waals surface area contributed by atoms with Crippen LogP contribution in [0.15, 0.2) is 45.7 Å². The van der Waals surface area contributed by atoms with Crippen LogP contribution in [-0.4, -0.2) is 15.1 Å². The van der Waals surface area contributed by atoms with Gasteiger partial charge in [-0.1, -0.05) is 24.3 Å². The van der Waals surface area contributed by atoms with Gasteiger partial charge in [0.2, 0.25) is 5.88 Å². The van der Waals surface area contributed by atoms with Gasteiger partial charge >= 0.3 is 0 Å². The first-order valence-electron chi connectivity index (χ1n) is 5.74. The summed E-state index contributed by atoms with van der Waals surface area (Å²) in [6, 6.07) is 9.68. The van der Waals surface area contributed by atoms with Crippen LogP contribution in [0.1, 0.15) is 0 Å². The highest BCUT2D eigenvalue weighted by molar-refractivity contribution is 9.10. The van der Waals surface area contributed by atoms with Crippen LogP contribution in [0.2, 0.25) is 0 Å². The zero-order chi connectivity index (χ0) is 14.3. The van der Waals surface area contributed by atoms with E-state index < -0.39 is 11.4 Å². The quantitative estimate of drug-likeness (QED) is 0.718. The molecule has 0 aliphatic heterocycles. The molecule has 0 radical (unpaired) electrons. The molecule has 0 saturated carbocycles. The molecule has 1 aromatic heterocycles. The molecule has 3 rings (SSSR count). The highest BCUT2D eigenvalue weighted by Gasteiger charge is 2.12. The summed E-state index contributed by atoms with van der Waals surface area (Å²) in [5.74, 6) is -0.572. The Morgan fingerprint density at radius 1 is 1.15 bits per heavy atom. The lowest BCUT2D eigenvalue weighted by Gasteiger charge is -2.07. The fraction of sp³-hybridized carbons (Fsp3) is 0. The first-order valence-corrected chi connectivity index (χ1v) is 6.53. The van der Waals surface area contributed by atoms with Gasteiger partial charge in [0.15, 0.2) is 0 Å². The molecule has 2 aromatic carbocycles. The fourth-order valence-corrected chi connectivity index (χ4v) is 2.23. The van der Waals surface area contributed by atoms with Gasteiger partial charge in [0, 0.05) is 10.9 Å². The molecule has 0 spiro atoms. The molecule has 0 aliphatic carbocycles. The number of nitrogens with zero attached hydrogens (tertiary/aromatic N) is 1. The minimum absolute atomic E-state index is 0.0346. The van der Waals surface area contributed by atoms with Crippen molar-refractivity contribution in [3.8, 4) is 17.3 Å².